The third-order valence-electron chi connectivity index (χ3n) is 6.90. The average molecular weight is 452 g/mol. The molecule has 1 aliphatic rings. The first kappa shape index (κ1) is 23.4. The number of ether oxygens (including phenoxy) is 1. The molecule has 176 valence electrons. The van der Waals surface area contributed by atoms with Gasteiger partial charge in [0.2, 0.25) is 5.89 Å². The topological polar surface area (TPSA) is 51.4 Å². The van der Waals surface area contributed by atoms with Crippen molar-refractivity contribution in [1.29, 1.82) is 0 Å². The fourth-order valence-corrected chi connectivity index (χ4v) is 5.16. The van der Waals surface area contributed by atoms with Crippen LogP contribution in [0.3, 0.4) is 0 Å². The third kappa shape index (κ3) is 6.20. The van der Waals surface area contributed by atoms with Crippen LogP contribution in [-0.2, 0) is 12.8 Å². The highest BCUT2D eigenvalue weighted by Crippen LogP contribution is 2.40. The van der Waals surface area contributed by atoms with Crippen LogP contribution in [0.25, 0.3) is 0 Å². The van der Waals surface area contributed by atoms with Crippen LogP contribution >= 0.6 is 0 Å². The highest BCUT2D eigenvalue weighted by atomic mass is 19.1. The van der Waals surface area contributed by atoms with E-state index >= 15 is 0 Å². The molecular weight excluding hydrogens is 417 g/mol. The maximum atomic E-state index is 13.4. The Kier molecular flexibility index (Phi) is 7.76. The van der Waals surface area contributed by atoms with Crippen molar-refractivity contribution in [2.24, 2.45) is 11.8 Å². The van der Waals surface area contributed by atoms with Crippen molar-refractivity contribution < 1.29 is 13.7 Å². The van der Waals surface area contributed by atoms with Crippen LogP contribution < -0.4 is 4.74 Å². The fourth-order valence-electron chi connectivity index (χ4n) is 5.16. The maximum Gasteiger partial charge on any atom is 0.226 e. The standard InChI is InChI=1S/C27H34FN3O2/c1-31(2)27(22-11-13-23(28)14-12-22)21-9-4-19(5-10-21)8-17-26-29-25(30-33-26)18-20-6-15-24(32-3)16-7-20/h6-7,11-16,19,21,27H,4-5,8-10,17-18H2,1-3H3. The van der Waals surface area contributed by atoms with Crippen molar-refractivity contribution in [3.05, 3.63) is 77.2 Å². The summed E-state index contributed by atoms with van der Waals surface area (Å²) in [4.78, 5) is 6.88. The molecule has 0 radical (unpaired) electrons. The second-order valence-electron chi connectivity index (χ2n) is 9.41. The second kappa shape index (κ2) is 10.9. The van der Waals surface area contributed by atoms with E-state index in [1.165, 1.54) is 31.2 Å². The molecular formula is C27H34FN3O2. The number of methoxy groups -OCH3 is 1. The van der Waals surface area contributed by atoms with E-state index in [0.29, 0.717) is 24.3 Å². The van der Waals surface area contributed by atoms with E-state index in [1.807, 2.05) is 36.4 Å². The molecule has 4 rings (SSSR count). The first-order valence-corrected chi connectivity index (χ1v) is 11.9. The van der Waals surface area contributed by atoms with E-state index in [0.717, 1.165) is 35.9 Å². The number of hydrogen-bond acceptors (Lipinski definition) is 5. The van der Waals surface area contributed by atoms with Crippen molar-refractivity contribution in [3.8, 4) is 5.75 Å². The molecule has 0 bridgehead atoms. The summed E-state index contributed by atoms with van der Waals surface area (Å²) in [5, 5.41) is 4.16. The summed E-state index contributed by atoms with van der Waals surface area (Å²) in [5.74, 6) is 3.42. The maximum absolute atomic E-state index is 13.4. The van der Waals surface area contributed by atoms with Gasteiger partial charge < -0.3 is 14.2 Å². The Morgan fingerprint density at radius 1 is 1.03 bits per heavy atom. The zero-order chi connectivity index (χ0) is 23.2. The highest BCUT2D eigenvalue weighted by Gasteiger charge is 2.30. The predicted molar refractivity (Wildman–Crippen MR) is 127 cm³/mol. The van der Waals surface area contributed by atoms with Gasteiger partial charge in [-0.15, -0.1) is 0 Å². The molecule has 0 amide bonds. The van der Waals surface area contributed by atoms with Gasteiger partial charge in [-0.05, 0) is 80.6 Å². The summed E-state index contributed by atoms with van der Waals surface area (Å²) < 4.78 is 24.1. The lowest BCUT2D eigenvalue weighted by Gasteiger charge is -2.37. The Morgan fingerprint density at radius 3 is 2.36 bits per heavy atom. The zero-order valence-electron chi connectivity index (χ0n) is 19.8. The Labute approximate surface area is 196 Å². The Balaban J connectivity index is 1.26. The largest absolute Gasteiger partial charge is 0.497 e. The summed E-state index contributed by atoms with van der Waals surface area (Å²) in [6, 6.07) is 15.3. The van der Waals surface area contributed by atoms with Crippen LogP contribution in [0.1, 0.15) is 61.0 Å². The minimum atomic E-state index is -0.173. The molecule has 33 heavy (non-hydrogen) atoms. The number of aryl methyl sites for hydroxylation is 1. The molecule has 0 saturated heterocycles. The molecule has 0 N–H and O–H groups in total. The van der Waals surface area contributed by atoms with Crippen molar-refractivity contribution in [3.63, 3.8) is 0 Å². The lowest BCUT2D eigenvalue weighted by atomic mass is 9.75. The highest BCUT2D eigenvalue weighted by molar-refractivity contribution is 5.28. The van der Waals surface area contributed by atoms with E-state index in [1.54, 1.807) is 19.2 Å². The smallest absolute Gasteiger partial charge is 0.226 e. The number of benzene rings is 2. The van der Waals surface area contributed by atoms with Gasteiger partial charge in [-0.3, -0.25) is 0 Å². The normalized spacial score (nSPS) is 19.5. The molecule has 0 spiro atoms. The van der Waals surface area contributed by atoms with Crippen LogP contribution in [0.4, 0.5) is 4.39 Å². The van der Waals surface area contributed by atoms with Crippen LogP contribution in [-0.4, -0.2) is 36.2 Å². The number of nitrogens with zero attached hydrogens (tertiary/aromatic N) is 3. The van der Waals surface area contributed by atoms with Gasteiger partial charge in [-0.25, -0.2) is 4.39 Å². The molecule has 6 heteroatoms. The van der Waals surface area contributed by atoms with E-state index < -0.39 is 0 Å². The van der Waals surface area contributed by atoms with Gasteiger partial charge in [0.05, 0.1) is 7.11 Å². The lowest BCUT2D eigenvalue weighted by Crippen LogP contribution is -2.30. The summed E-state index contributed by atoms with van der Waals surface area (Å²) in [5.41, 5.74) is 2.35. The third-order valence-corrected chi connectivity index (χ3v) is 6.90. The van der Waals surface area contributed by atoms with Crippen molar-refractivity contribution in [1.82, 2.24) is 15.0 Å². The summed E-state index contributed by atoms with van der Waals surface area (Å²) in [6.45, 7) is 0. The van der Waals surface area contributed by atoms with Gasteiger partial charge >= 0.3 is 0 Å². The molecule has 1 aliphatic carbocycles. The van der Waals surface area contributed by atoms with Gasteiger partial charge in [0, 0.05) is 18.9 Å². The Bertz CT molecular complexity index is 993. The number of halogens is 1. The number of aromatic nitrogens is 2. The molecule has 2 aromatic carbocycles. The molecule has 5 nitrogen and oxygen atoms in total. The minimum absolute atomic E-state index is 0.173. The van der Waals surface area contributed by atoms with Gasteiger partial charge in [0.15, 0.2) is 5.82 Å². The Morgan fingerprint density at radius 2 is 1.73 bits per heavy atom. The second-order valence-corrected chi connectivity index (χ2v) is 9.41. The molecule has 1 atom stereocenters. The SMILES string of the molecule is COc1ccc(Cc2noc(CCC3CCC(C(c4ccc(F)cc4)N(C)C)CC3)n2)cc1. The average Bonchev–Trinajstić information content (AvgIpc) is 3.27. The monoisotopic (exact) mass is 451 g/mol. The quantitative estimate of drug-likeness (QED) is 0.408. The van der Waals surface area contributed by atoms with Crippen molar-refractivity contribution >= 4 is 0 Å². The minimum Gasteiger partial charge on any atom is -0.497 e. The number of hydrogen-bond donors (Lipinski definition) is 0. The first-order chi connectivity index (χ1) is 16.0. The van der Waals surface area contributed by atoms with Crippen LogP contribution in [0.2, 0.25) is 0 Å². The molecule has 1 saturated carbocycles. The van der Waals surface area contributed by atoms with Crippen LogP contribution in [0.5, 0.6) is 5.75 Å². The first-order valence-electron chi connectivity index (χ1n) is 11.9. The van der Waals surface area contributed by atoms with E-state index in [2.05, 4.69) is 29.1 Å². The Hall–Kier alpha value is -2.73. The van der Waals surface area contributed by atoms with Crippen LogP contribution in [0.15, 0.2) is 53.1 Å². The van der Waals surface area contributed by atoms with Crippen molar-refractivity contribution in [2.45, 2.75) is 51.0 Å². The van der Waals surface area contributed by atoms with Gasteiger partial charge in [-0.2, -0.15) is 4.98 Å². The predicted octanol–water partition coefficient (Wildman–Crippen LogP) is 5.85. The van der Waals surface area contributed by atoms with Crippen LogP contribution in [0, 0.1) is 17.7 Å². The molecule has 0 aliphatic heterocycles. The van der Waals surface area contributed by atoms with Crippen molar-refractivity contribution in [2.75, 3.05) is 21.2 Å². The van der Waals surface area contributed by atoms with E-state index in [9.17, 15) is 4.39 Å². The molecule has 3 aromatic rings. The fraction of sp³-hybridized carbons (Fsp3) is 0.481. The summed E-state index contributed by atoms with van der Waals surface area (Å²) >= 11 is 0. The zero-order valence-corrected chi connectivity index (χ0v) is 19.8. The van der Waals surface area contributed by atoms with Gasteiger partial charge in [-0.1, -0.05) is 42.3 Å². The molecule has 1 fully saturated rings. The summed E-state index contributed by atoms with van der Waals surface area (Å²) in [6.07, 6.45) is 7.38. The summed E-state index contributed by atoms with van der Waals surface area (Å²) in [7, 11) is 5.91. The molecule has 1 heterocycles. The van der Waals surface area contributed by atoms with E-state index in [4.69, 9.17) is 9.26 Å². The lowest BCUT2D eigenvalue weighted by molar-refractivity contribution is 0.145. The number of rotatable bonds is 9. The van der Waals surface area contributed by atoms with Gasteiger partial charge in [0.25, 0.3) is 0 Å². The van der Waals surface area contributed by atoms with Gasteiger partial charge in [0.1, 0.15) is 11.6 Å². The molecule has 1 aromatic heterocycles. The molecule has 1 unspecified atom stereocenters. The van der Waals surface area contributed by atoms with E-state index in [-0.39, 0.29) is 5.82 Å².